The van der Waals surface area contributed by atoms with Crippen LogP contribution in [0.4, 0.5) is 0 Å². The normalized spacial score (nSPS) is 13.9. The van der Waals surface area contributed by atoms with Gasteiger partial charge in [0.05, 0.1) is 6.54 Å². The number of benzene rings is 1. The zero-order chi connectivity index (χ0) is 11.2. The van der Waals surface area contributed by atoms with Crippen LogP contribution in [-0.2, 0) is 6.54 Å². The van der Waals surface area contributed by atoms with Crippen molar-refractivity contribution in [3.8, 4) is 0 Å². The van der Waals surface area contributed by atoms with Crippen LogP contribution in [0, 0.1) is 0 Å². The van der Waals surface area contributed by atoms with Crippen LogP contribution in [-0.4, -0.2) is 13.3 Å². The summed E-state index contributed by atoms with van der Waals surface area (Å²) in [7, 11) is 0. The molecule has 2 rings (SSSR count). The van der Waals surface area contributed by atoms with E-state index in [-0.39, 0.29) is 0 Å². The van der Waals surface area contributed by atoms with Crippen LogP contribution in [0.3, 0.4) is 0 Å². The molecule has 0 atom stereocenters. The van der Waals surface area contributed by atoms with Gasteiger partial charge in [0.1, 0.15) is 0 Å². The fourth-order valence-corrected chi connectivity index (χ4v) is 1.77. The molecule has 0 saturated heterocycles. The first-order valence-electron chi connectivity index (χ1n) is 5.28. The molecule has 1 aliphatic heterocycles. The third-order valence-electron chi connectivity index (χ3n) is 2.55. The molecule has 0 radical (unpaired) electrons. The molecule has 0 aromatic heterocycles. The molecule has 0 fully saturated rings. The summed E-state index contributed by atoms with van der Waals surface area (Å²) in [6.45, 7) is 5.00. The Labute approximate surface area is 95.6 Å². The van der Waals surface area contributed by atoms with E-state index in [2.05, 4.69) is 46.8 Å². The van der Waals surface area contributed by atoms with Gasteiger partial charge in [0.2, 0.25) is 0 Å². The summed E-state index contributed by atoms with van der Waals surface area (Å²) in [6, 6.07) is 8.33. The average Bonchev–Trinajstić information content (AvgIpc) is 2.38. The van der Waals surface area contributed by atoms with Gasteiger partial charge in [-0.25, -0.2) is 0 Å². The molecule has 1 heterocycles. The van der Waals surface area contributed by atoms with Gasteiger partial charge < -0.3 is 10.7 Å². The molecule has 0 unspecified atom stereocenters. The van der Waals surface area contributed by atoms with E-state index in [0.29, 0.717) is 6.54 Å². The third-order valence-corrected chi connectivity index (χ3v) is 2.55. The van der Waals surface area contributed by atoms with Crippen LogP contribution >= 0.6 is 0 Å². The minimum atomic E-state index is 0.709. The molecule has 0 saturated carbocycles. The molecule has 2 N–H and O–H groups in total. The molecule has 3 nitrogen and oxygen atoms in total. The first-order valence-corrected chi connectivity index (χ1v) is 5.28. The number of hydrogen-bond acceptors (Lipinski definition) is 3. The number of nitrogens with zero attached hydrogens (tertiary/aromatic N) is 1. The highest BCUT2D eigenvalue weighted by molar-refractivity contribution is 5.71. The third kappa shape index (κ3) is 2.31. The van der Waals surface area contributed by atoms with Gasteiger partial charge in [0.25, 0.3) is 0 Å². The summed E-state index contributed by atoms with van der Waals surface area (Å²) in [6.07, 6.45) is 6.11. The maximum absolute atomic E-state index is 3.67. The number of hydrazone groups is 1. The van der Waals surface area contributed by atoms with Crippen LogP contribution < -0.4 is 10.7 Å². The number of nitrogens with one attached hydrogen (secondary N) is 2. The minimum absolute atomic E-state index is 0.709. The zero-order valence-corrected chi connectivity index (χ0v) is 9.11. The first-order chi connectivity index (χ1) is 7.92. The Kier molecular flexibility index (Phi) is 3.38. The predicted molar refractivity (Wildman–Crippen MR) is 68.0 cm³/mol. The molecule has 3 heteroatoms. The monoisotopic (exact) mass is 213 g/mol. The maximum atomic E-state index is 3.67. The van der Waals surface area contributed by atoms with Crippen molar-refractivity contribution < 1.29 is 0 Å². The highest BCUT2D eigenvalue weighted by Crippen LogP contribution is 2.20. The smallest absolute Gasteiger partial charge is 0.0585 e. The number of hydrogen-bond donors (Lipinski definition) is 2. The Morgan fingerprint density at radius 3 is 3.00 bits per heavy atom. The topological polar surface area (TPSA) is 36.4 Å². The Morgan fingerprint density at radius 2 is 2.25 bits per heavy atom. The molecule has 1 aliphatic rings. The van der Waals surface area contributed by atoms with Gasteiger partial charge in [-0.3, -0.25) is 0 Å². The summed E-state index contributed by atoms with van der Waals surface area (Å²) < 4.78 is 0. The van der Waals surface area contributed by atoms with Gasteiger partial charge in [-0.15, -0.1) is 0 Å². The Morgan fingerprint density at radius 1 is 1.38 bits per heavy atom. The minimum Gasteiger partial charge on any atom is -0.387 e. The van der Waals surface area contributed by atoms with Crippen molar-refractivity contribution in [1.29, 1.82) is 0 Å². The Balaban J connectivity index is 2.28. The lowest BCUT2D eigenvalue weighted by Crippen LogP contribution is -2.14. The van der Waals surface area contributed by atoms with Crippen LogP contribution in [0.15, 0.2) is 47.7 Å². The molecule has 0 bridgehead atoms. The summed E-state index contributed by atoms with van der Waals surface area (Å²) >= 11 is 0. The van der Waals surface area contributed by atoms with Gasteiger partial charge in [0.15, 0.2) is 0 Å². The lowest BCUT2D eigenvalue weighted by atomic mass is 9.98. The van der Waals surface area contributed by atoms with Crippen LogP contribution in [0.1, 0.15) is 11.1 Å². The van der Waals surface area contributed by atoms with Crippen molar-refractivity contribution in [1.82, 2.24) is 10.7 Å². The molecule has 1 aromatic rings. The van der Waals surface area contributed by atoms with Crippen LogP contribution in [0.25, 0.3) is 5.57 Å². The molecular formula is C13H15N3. The van der Waals surface area contributed by atoms with E-state index in [1.165, 1.54) is 16.7 Å². The predicted octanol–water partition coefficient (Wildman–Crippen LogP) is 1.89. The van der Waals surface area contributed by atoms with Crippen molar-refractivity contribution in [3.05, 3.63) is 53.7 Å². The highest BCUT2D eigenvalue weighted by atomic mass is 15.3. The van der Waals surface area contributed by atoms with E-state index < -0.39 is 0 Å². The van der Waals surface area contributed by atoms with Crippen molar-refractivity contribution in [2.75, 3.05) is 6.54 Å². The van der Waals surface area contributed by atoms with Crippen molar-refractivity contribution >= 4 is 12.3 Å². The second-order valence-electron chi connectivity index (χ2n) is 3.58. The fourth-order valence-electron chi connectivity index (χ4n) is 1.77. The molecule has 0 aliphatic carbocycles. The quantitative estimate of drug-likeness (QED) is 0.592. The van der Waals surface area contributed by atoms with E-state index in [1.807, 2.05) is 18.3 Å². The van der Waals surface area contributed by atoms with E-state index in [1.54, 1.807) is 0 Å². The van der Waals surface area contributed by atoms with Gasteiger partial charge in [-0.05, 0) is 29.0 Å². The second kappa shape index (κ2) is 5.16. The number of dihydropyridines is 1. The summed E-state index contributed by atoms with van der Waals surface area (Å²) in [5.41, 5.74) is 6.68. The largest absolute Gasteiger partial charge is 0.387 e. The van der Waals surface area contributed by atoms with E-state index in [4.69, 9.17) is 0 Å². The maximum Gasteiger partial charge on any atom is 0.0585 e. The Hall–Kier alpha value is -2.03. The molecule has 0 amide bonds. The van der Waals surface area contributed by atoms with Gasteiger partial charge >= 0.3 is 0 Å². The van der Waals surface area contributed by atoms with Gasteiger partial charge in [-0.2, -0.15) is 5.10 Å². The highest BCUT2D eigenvalue weighted by Gasteiger charge is 2.07. The van der Waals surface area contributed by atoms with E-state index >= 15 is 0 Å². The summed E-state index contributed by atoms with van der Waals surface area (Å²) in [4.78, 5) is 0. The fraction of sp³-hybridized carbons (Fsp3) is 0.154. The Bertz CT molecular complexity index is 433. The zero-order valence-electron chi connectivity index (χ0n) is 9.11. The average molecular weight is 213 g/mol. The van der Waals surface area contributed by atoms with E-state index in [0.717, 1.165) is 6.54 Å². The van der Waals surface area contributed by atoms with Crippen molar-refractivity contribution in [2.45, 2.75) is 6.54 Å². The molecular weight excluding hydrogens is 198 g/mol. The van der Waals surface area contributed by atoms with Crippen molar-refractivity contribution in [2.24, 2.45) is 5.10 Å². The van der Waals surface area contributed by atoms with Gasteiger partial charge in [0, 0.05) is 13.3 Å². The van der Waals surface area contributed by atoms with Gasteiger partial charge in [-0.1, -0.05) is 30.3 Å². The van der Waals surface area contributed by atoms with Crippen LogP contribution in [0.2, 0.25) is 0 Å². The van der Waals surface area contributed by atoms with Crippen LogP contribution in [0.5, 0.6) is 0 Å². The second-order valence-corrected chi connectivity index (χ2v) is 3.58. The standard InChI is InChI=1S/C13H15N3/c1-14-16-10-12-5-2-3-7-13(12)11-6-4-8-15-9-11/h2-8,15-16H,1,9-10H2. The lowest BCUT2D eigenvalue weighted by molar-refractivity contribution is 0.748. The summed E-state index contributed by atoms with van der Waals surface area (Å²) in [5.74, 6) is 0. The van der Waals surface area contributed by atoms with E-state index in [9.17, 15) is 0 Å². The first kappa shape index (κ1) is 10.5. The molecule has 0 spiro atoms. The van der Waals surface area contributed by atoms with Crippen molar-refractivity contribution in [3.63, 3.8) is 0 Å². The number of rotatable bonds is 4. The SMILES string of the molecule is C=NNCc1ccccc1C1=CC=CNC1. The molecule has 1 aromatic carbocycles. The lowest BCUT2D eigenvalue weighted by Gasteiger charge is -2.15. The summed E-state index contributed by atoms with van der Waals surface area (Å²) in [5, 5.41) is 6.88. The molecule has 16 heavy (non-hydrogen) atoms. The molecule has 82 valence electrons. The number of allylic oxidation sites excluding steroid dienone is 2.